The Labute approximate surface area is 238 Å². The Hall–Kier alpha value is -3.48. The van der Waals surface area contributed by atoms with Gasteiger partial charge in [0.05, 0.1) is 35.4 Å². The minimum absolute atomic E-state index is 0.0251. The molecule has 3 aromatic rings. The average Bonchev–Trinajstić information content (AvgIpc) is 3.13. The van der Waals surface area contributed by atoms with E-state index in [0.717, 1.165) is 5.56 Å². The number of aliphatic hydroxyl groups is 1. The van der Waals surface area contributed by atoms with Crippen molar-refractivity contribution in [3.8, 4) is 11.5 Å². The van der Waals surface area contributed by atoms with Crippen molar-refractivity contribution >= 4 is 46.3 Å². The predicted molar refractivity (Wildman–Crippen MR) is 155 cm³/mol. The first-order valence-electron chi connectivity index (χ1n) is 12.5. The number of nitrogens with zero attached hydrogens (tertiary/aromatic N) is 1. The van der Waals surface area contributed by atoms with E-state index < -0.39 is 23.5 Å². The van der Waals surface area contributed by atoms with E-state index in [2.05, 4.69) is 20.8 Å². The molecule has 1 N–H and O–H groups in total. The van der Waals surface area contributed by atoms with Gasteiger partial charge < -0.3 is 14.6 Å². The highest BCUT2D eigenvalue weighted by Gasteiger charge is 2.47. The Morgan fingerprint density at radius 2 is 1.59 bits per heavy atom. The molecule has 1 aliphatic heterocycles. The number of hydrogen-bond donors (Lipinski definition) is 1. The number of halogens is 2. The summed E-state index contributed by atoms with van der Waals surface area (Å²) in [5.74, 6) is -1.25. The molecule has 3 aromatic carbocycles. The number of benzene rings is 3. The highest BCUT2D eigenvalue weighted by molar-refractivity contribution is 6.52. The van der Waals surface area contributed by atoms with Crippen LogP contribution in [0.25, 0.3) is 5.76 Å². The molecule has 1 amide bonds. The van der Waals surface area contributed by atoms with Crippen molar-refractivity contribution in [2.24, 2.45) is 0 Å². The van der Waals surface area contributed by atoms with Crippen molar-refractivity contribution in [2.75, 3.05) is 12.0 Å². The summed E-state index contributed by atoms with van der Waals surface area (Å²) in [6.07, 6.45) is -0.0251. The SMILES string of the molecule is COc1c(Cl)cc(Cl)cc1/C(O)=C1\C(=O)C(=O)N(c2ccc(C(C)(C)C)cc2)C1c1ccc(OC(C)C)cc1. The highest BCUT2D eigenvalue weighted by atomic mass is 35.5. The molecule has 1 heterocycles. The number of ether oxygens (including phenoxy) is 2. The first kappa shape index (κ1) is 28.5. The Balaban J connectivity index is 1.94. The van der Waals surface area contributed by atoms with E-state index >= 15 is 0 Å². The van der Waals surface area contributed by atoms with Crippen molar-refractivity contribution in [1.29, 1.82) is 0 Å². The van der Waals surface area contributed by atoms with Crippen molar-refractivity contribution in [1.82, 2.24) is 0 Å². The Bertz CT molecular complexity index is 1440. The number of amides is 1. The molecule has 8 heteroatoms. The van der Waals surface area contributed by atoms with Crippen LogP contribution in [0.3, 0.4) is 0 Å². The van der Waals surface area contributed by atoms with Crippen LogP contribution in [0, 0.1) is 0 Å². The lowest BCUT2D eigenvalue weighted by Crippen LogP contribution is -2.29. The summed E-state index contributed by atoms with van der Waals surface area (Å²) >= 11 is 12.6. The quantitative estimate of drug-likeness (QED) is 0.187. The van der Waals surface area contributed by atoms with Crippen LogP contribution in [0.2, 0.25) is 10.0 Å². The maximum Gasteiger partial charge on any atom is 0.300 e. The lowest BCUT2D eigenvalue weighted by atomic mass is 9.87. The first-order valence-corrected chi connectivity index (χ1v) is 13.3. The van der Waals surface area contributed by atoms with E-state index in [9.17, 15) is 14.7 Å². The van der Waals surface area contributed by atoms with Gasteiger partial charge in [0.1, 0.15) is 17.3 Å². The fraction of sp³-hybridized carbons (Fsp3) is 0.290. The van der Waals surface area contributed by atoms with E-state index in [-0.39, 0.29) is 38.5 Å². The van der Waals surface area contributed by atoms with Gasteiger partial charge in [-0.3, -0.25) is 14.5 Å². The zero-order chi connectivity index (χ0) is 28.6. The lowest BCUT2D eigenvalue weighted by molar-refractivity contribution is -0.132. The molecule has 0 spiro atoms. The number of carbonyl (C=O) groups excluding carboxylic acids is 2. The molecule has 0 bridgehead atoms. The molecule has 0 aromatic heterocycles. The van der Waals surface area contributed by atoms with E-state index in [1.165, 1.54) is 24.1 Å². The van der Waals surface area contributed by atoms with Crippen LogP contribution in [0.15, 0.2) is 66.2 Å². The van der Waals surface area contributed by atoms with Gasteiger partial charge in [0.25, 0.3) is 11.7 Å². The maximum atomic E-state index is 13.6. The van der Waals surface area contributed by atoms with Gasteiger partial charge in [0, 0.05) is 10.7 Å². The van der Waals surface area contributed by atoms with Crippen molar-refractivity contribution < 1.29 is 24.2 Å². The second-order valence-electron chi connectivity index (χ2n) is 10.7. The fourth-order valence-electron chi connectivity index (χ4n) is 4.63. The molecule has 0 saturated carbocycles. The van der Waals surface area contributed by atoms with E-state index in [1.54, 1.807) is 24.3 Å². The van der Waals surface area contributed by atoms with Crippen molar-refractivity contribution in [3.63, 3.8) is 0 Å². The summed E-state index contributed by atoms with van der Waals surface area (Å²) in [6.45, 7) is 10.1. The molecule has 39 heavy (non-hydrogen) atoms. The fourth-order valence-corrected chi connectivity index (χ4v) is 5.20. The second kappa shape index (κ2) is 10.9. The molecule has 1 aliphatic rings. The maximum absolute atomic E-state index is 13.6. The summed E-state index contributed by atoms with van der Waals surface area (Å²) in [5, 5.41) is 11.9. The van der Waals surface area contributed by atoms with Crippen LogP contribution in [0.1, 0.15) is 57.4 Å². The van der Waals surface area contributed by atoms with Crippen LogP contribution >= 0.6 is 23.2 Å². The Kier molecular flexibility index (Phi) is 8.01. The molecule has 0 radical (unpaired) electrons. The first-order chi connectivity index (χ1) is 18.3. The van der Waals surface area contributed by atoms with Gasteiger partial charge in [-0.15, -0.1) is 0 Å². The molecule has 4 rings (SSSR count). The van der Waals surface area contributed by atoms with Gasteiger partial charge in [-0.1, -0.05) is 68.2 Å². The number of Topliss-reactive ketones (excluding diaryl/α,β-unsaturated/α-hetero) is 1. The zero-order valence-electron chi connectivity index (χ0n) is 22.7. The molecule has 0 aliphatic carbocycles. The number of anilines is 1. The van der Waals surface area contributed by atoms with Gasteiger partial charge in [-0.05, 0) is 66.8 Å². The normalized spacial score (nSPS) is 17.2. The summed E-state index contributed by atoms with van der Waals surface area (Å²) in [6, 6.07) is 16.6. The molecule has 6 nitrogen and oxygen atoms in total. The summed E-state index contributed by atoms with van der Waals surface area (Å²) in [7, 11) is 1.40. The summed E-state index contributed by atoms with van der Waals surface area (Å²) < 4.78 is 11.2. The molecule has 1 fully saturated rings. The lowest BCUT2D eigenvalue weighted by Gasteiger charge is -2.27. The third-order valence-corrected chi connectivity index (χ3v) is 6.99. The van der Waals surface area contributed by atoms with Gasteiger partial charge in [-0.2, -0.15) is 0 Å². The van der Waals surface area contributed by atoms with E-state index in [0.29, 0.717) is 17.0 Å². The molecule has 1 atom stereocenters. The van der Waals surface area contributed by atoms with Gasteiger partial charge in [0.15, 0.2) is 0 Å². The number of aliphatic hydroxyl groups excluding tert-OH is 1. The number of ketones is 1. The smallest absolute Gasteiger partial charge is 0.300 e. The van der Waals surface area contributed by atoms with Crippen molar-refractivity contribution in [2.45, 2.75) is 52.2 Å². The van der Waals surface area contributed by atoms with Crippen LogP contribution in [-0.4, -0.2) is 30.0 Å². The van der Waals surface area contributed by atoms with E-state index in [1.807, 2.05) is 38.1 Å². The zero-order valence-corrected chi connectivity index (χ0v) is 24.2. The largest absolute Gasteiger partial charge is 0.507 e. The summed E-state index contributed by atoms with van der Waals surface area (Å²) in [4.78, 5) is 28.5. The third-order valence-electron chi connectivity index (χ3n) is 6.49. The standard InChI is InChI=1S/C31H31Cl2NO5/c1-17(2)39-22-13-7-18(8-14-22)26-25(27(35)23-15-20(32)16-24(33)29(23)38-6)28(36)30(37)34(26)21-11-9-19(10-12-21)31(3,4)5/h7-17,26,35H,1-6H3/b27-25+. The topological polar surface area (TPSA) is 76.1 Å². The summed E-state index contributed by atoms with van der Waals surface area (Å²) in [5.41, 5.74) is 2.12. The molecule has 204 valence electrons. The number of methoxy groups -OCH3 is 1. The number of rotatable bonds is 6. The minimum atomic E-state index is -0.930. The predicted octanol–water partition coefficient (Wildman–Crippen LogP) is 7.71. The van der Waals surface area contributed by atoms with Crippen LogP contribution in [-0.2, 0) is 15.0 Å². The number of hydrogen-bond acceptors (Lipinski definition) is 5. The third kappa shape index (κ3) is 5.63. The molecule has 1 unspecified atom stereocenters. The monoisotopic (exact) mass is 567 g/mol. The Morgan fingerprint density at radius 1 is 0.974 bits per heavy atom. The van der Waals surface area contributed by atoms with Gasteiger partial charge in [0.2, 0.25) is 0 Å². The van der Waals surface area contributed by atoms with Gasteiger partial charge >= 0.3 is 0 Å². The molecule has 1 saturated heterocycles. The van der Waals surface area contributed by atoms with Crippen LogP contribution < -0.4 is 14.4 Å². The second-order valence-corrected chi connectivity index (χ2v) is 11.5. The van der Waals surface area contributed by atoms with Crippen molar-refractivity contribution in [3.05, 3.63) is 93.0 Å². The average molecular weight is 568 g/mol. The number of carbonyl (C=O) groups is 2. The van der Waals surface area contributed by atoms with Gasteiger partial charge in [-0.25, -0.2) is 0 Å². The molecular formula is C31H31Cl2NO5. The van der Waals surface area contributed by atoms with Crippen LogP contribution in [0.5, 0.6) is 11.5 Å². The minimum Gasteiger partial charge on any atom is -0.507 e. The van der Waals surface area contributed by atoms with E-state index in [4.69, 9.17) is 32.7 Å². The van der Waals surface area contributed by atoms with Crippen LogP contribution in [0.4, 0.5) is 5.69 Å². The Morgan fingerprint density at radius 3 is 2.13 bits per heavy atom. The highest BCUT2D eigenvalue weighted by Crippen LogP contribution is 2.45. The molecular weight excluding hydrogens is 537 g/mol.